The van der Waals surface area contributed by atoms with E-state index in [-0.39, 0.29) is 55.3 Å². The van der Waals surface area contributed by atoms with E-state index in [1.165, 1.54) is 21.9 Å². The predicted molar refractivity (Wildman–Crippen MR) is 131 cm³/mol. The lowest BCUT2D eigenvalue weighted by Crippen LogP contribution is -2.55. The highest BCUT2D eigenvalue weighted by Crippen LogP contribution is 2.23. The van der Waals surface area contributed by atoms with E-state index >= 15 is 0 Å². The molecule has 0 unspecified atom stereocenters. The minimum absolute atomic E-state index is 0. The molecule has 9 nitrogen and oxygen atoms in total. The molecule has 4 amide bonds. The van der Waals surface area contributed by atoms with Crippen LogP contribution in [0.25, 0.3) is 0 Å². The normalized spacial score (nSPS) is 22.1. The first-order valence-corrected chi connectivity index (χ1v) is 11.9. The van der Waals surface area contributed by atoms with Gasteiger partial charge in [0.05, 0.1) is 18.7 Å². The van der Waals surface area contributed by atoms with Gasteiger partial charge in [0.25, 0.3) is 5.91 Å². The molecule has 1 fully saturated rings. The summed E-state index contributed by atoms with van der Waals surface area (Å²) in [4.78, 5) is 54.1. The molecule has 2 aliphatic rings. The summed E-state index contributed by atoms with van der Waals surface area (Å²) in [5.41, 5.74) is 6.27. The van der Waals surface area contributed by atoms with E-state index in [4.69, 9.17) is 5.73 Å². The highest BCUT2D eigenvalue weighted by Gasteiger charge is 2.37. The Labute approximate surface area is 211 Å². The number of nitrogens with one attached hydrogen (secondary N) is 2. The Bertz CT molecular complexity index is 944. The number of amides is 4. The molecule has 1 aromatic carbocycles. The largest absolute Gasteiger partial charge is 0.355 e. The van der Waals surface area contributed by atoms with Crippen LogP contribution in [0.15, 0.2) is 18.2 Å². The van der Waals surface area contributed by atoms with E-state index in [0.29, 0.717) is 38.8 Å². The van der Waals surface area contributed by atoms with Gasteiger partial charge in [-0.05, 0) is 49.3 Å². The van der Waals surface area contributed by atoms with Gasteiger partial charge in [0.2, 0.25) is 17.7 Å². The number of halogens is 2. The second kappa shape index (κ2) is 12.8. The maximum Gasteiger partial charge on any atom is 0.257 e. The number of rotatable bonds is 2. The molecule has 2 atom stereocenters. The molecule has 194 valence electrons. The molecule has 11 heteroatoms. The van der Waals surface area contributed by atoms with Gasteiger partial charge in [0.1, 0.15) is 11.9 Å². The summed E-state index contributed by atoms with van der Waals surface area (Å²) in [6.45, 7) is 4.23. The van der Waals surface area contributed by atoms with E-state index < -0.39 is 29.7 Å². The topological polar surface area (TPSA) is 125 Å². The third-order valence-corrected chi connectivity index (χ3v) is 6.45. The van der Waals surface area contributed by atoms with Crippen LogP contribution in [-0.2, 0) is 20.8 Å². The number of benzene rings is 1. The van der Waals surface area contributed by atoms with Gasteiger partial charge >= 0.3 is 0 Å². The molecule has 2 aliphatic heterocycles. The number of nitrogens with zero attached hydrogens (tertiary/aromatic N) is 2. The third-order valence-electron chi connectivity index (χ3n) is 6.45. The van der Waals surface area contributed by atoms with Crippen LogP contribution >= 0.6 is 12.4 Å². The van der Waals surface area contributed by atoms with Crippen LogP contribution in [0.5, 0.6) is 0 Å². The average Bonchev–Trinajstić information content (AvgIpc) is 3.30. The SMILES string of the molecule is CC(C)[C@@H]1CN(C(=O)CN)CC(=O)NCCCc2ccc(F)c(c2)C(=O)N2CCC[C@H]2C(=O)N1.Cl. The molecule has 3 rings (SSSR count). The Morgan fingerprint density at radius 3 is 2.66 bits per heavy atom. The highest BCUT2D eigenvalue weighted by molar-refractivity contribution is 5.98. The molecule has 2 bridgehead atoms. The third kappa shape index (κ3) is 7.14. The van der Waals surface area contributed by atoms with Gasteiger partial charge in [-0.15, -0.1) is 12.4 Å². The molecule has 0 radical (unpaired) electrons. The molecule has 4 N–H and O–H groups in total. The van der Waals surface area contributed by atoms with Gasteiger partial charge in [-0.2, -0.15) is 0 Å². The Morgan fingerprint density at radius 1 is 1.23 bits per heavy atom. The molecule has 1 saturated heterocycles. The number of aryl methyl sites for hydroxylation is 1. The number of carbonyl (C=O) groups excluding carboxylic acids is 4. The molecule has 2 heterocycles. The lowest BCUT2D eigenvalue weighted by molar-refractivity contribution is -0.136. The Morgan fingerprint density at radius 2 is 1.97 bits per heavy atom. The van der Waals surface area contributed by atoms with E-state index in [1.807, 2.05) is 13.8 Å². The zero-order valence-corrected chi connectivity index (χ0v) is 21.0. The van der Waals surface area contributed by atoms with Crippen LogP contribution in [0.3, 0.4) is 0 Å². The van der Waals surface area contributed by atoms with Crippen molar-refractivity contribution < 1.29 is 23.6 Å². The smallest absolute Gasteiger partial charge is 0.257 e. The van der Waals surface area contributed by atoms with Crippen LogP contribution in [-0.4, -0.2) is 78.2 Å². The first kappa shape index (κ1) is 28.5. The number of carbonyl (C=O) groups is 4. The molecule has 0 saturated carbocycles. The van der Waals surface area contributed by atoms with Gasteiger partial charge in [-0.1, -0.05) is 19.9 Å². The van der Waals surface area contributed by atoms with Crippen LogP contribution < -0.4 is 16.4 Å². The molecular weight excluding hydrogens is 477 g/mol. The first-order chi connectivity index (χ1) is 16.2. The summed E-state index contributed by atoms with van der Waals surface area (Å²) in [6.07, 6.45) is 2.22. The highest BCUT2D eigenvalue weighted by atomic mass is 35.5. The van der Waals surface area contributed by atoms with Crippen LogP contribution in [0, 0.1) is 11.7 Å². The first-order valence-electron chi connectivity index (χ1n) is 11.9. The van der Waals surface area contributed by atoms with Crippen molar-refractivity contribution in [2.24, 2.45) is 11.7 Å². The summed E-state index contributed by atoms with van der Waals surface area (Å²) in [5, 5.41) is 5.74. The number of hydrogen-bond donors (Lipinski definition) is 3. The van der Waals surface area contributed by atoms with Crippen molar-refractivity contribution in [3.63, 3.8) is 0 Å². The van der Waals surface area contributed by atoms with Gasteiger partial charge < -0.3 is 26.2 Å². The maximum atomic E-state index is 14.6. The van der Waals surface area contributed by atoms with E-state index in [0.717, 1.165) is 5.56 Å². The Kier molecular flexibility index (Phi) is 10.5. The average molecular weight is 512 g/mol. The lowest BCUT2D eigenvalue weighted by Gasteiger charge is -2.32. The maximum absolute atomic E-state index is 14.6. The van der Waals surface area contributed by atoms with Gasteiger partial charge in [0, 0.05) is 25.7 Å². The van der Waals surface area contributed by atoms with Crippen molar-refractivity contribution in [2.45, 2.75) is 51.6 Å². The monoisotopic (exact) mass is 511 g/mol. The van der Waals surface area contributed by atoms with Crippen LogP contribution in [0.4, 0.5) is 4.39 Å². The summed E-state index contributed by atoms with van der Waals surface area (Å²) < 4.78 is 14.6. The molecule has 1 aromatic rings. The number of fused-ring (bicyclic) bond motifs is 3. The van der Waals surface area contributed by atoms with Crippen LogP contribution in [0.1, 0.15) is 49.0 Å². The zero-order valence-electron chi connectivity index (χ0n) is 20.2. The number of nitrogens with two attached hydrogens (primary N) is 1. The molecule has 35 heavy (non-hydrogen) atoms. The van der Waals surface area contributed by atoms with Crippen molar-refractivity contribution in [3.05, 3.63) is 35.1 Å². The molecule has 0 aromatic heterocycles. The van der Waals surface area contributed by atoms with Crippen molar-refractivity contribution in [3.8, 4) is 0 Å². The summed E-state index contributed by atoms with van der Waals surface area (Å²) in [5.74, 6) is -2.25. The molecule has 0 aliphatic carbocycles. The minimum Gasteiger partial charge on any atom is -0.355 e. The van der Waals surface area contributed by atoms with Crippen molar-refractivity contribution in [1.82, 2.24) is 20.4 Å². The number of hydrogen-bond acceptors (Lipinski definition) is 5. The van der Waals surface area contributed by atoms with Gasteiger partial charge in [-0.3, -0.25) is 19.2 Å². The minimum atomic E-state index is -0.727. The van der Waals surface area contributed by atoms with Crippen molar-refractivity contribution >= 4 is 36.0 Å². The van der Waals surface area contributed by atoms with E-state index in [9.17, 15) is 23.6 Å². The Balaban J connectivity index is 0.00000432. The predicted octanol–water partition coefficient (Wildman–Crippen LogP) is 0.843. The standard InChI is InChI=1S/C24H34FN5O4.ClH/c1-15(2)19-13-29(22(32)12-26)14-21(31)27-9-3-5-16-7-8-18(25)17(11-16)24(34)30-10-4-6-20(30)23(33)28-19;/h7-8,11,15,19-20H,3-6,9-10,12-14,26H2,1-2H3,(H,27,31)(H,28,33);1H/t19-,20-;/m0./s1. The van der Waals surface area contributed by atoms with Gasteiger partial charge in [0.15, 0.2) is 0 Å². The second-order valence-electron chi connectivity index (χ2n) is 9.26. The lowest BCUT2D eigenvalue weighted by atomic mass is 10.0. The van der Waals surface area contributed by atoms with Gasteiger partial charge in [-0.25, -0.2) is 4.39 Å². The fraction of sp³-hybridized carbons (Fsp3) is 0.583. The van der Waals surface area contributed by atoms with E-state index in [2.05, 4.69) is 10.6 Å². The van der Waals surface area contributed by atoms with Crippen molar-refractivity contribution in [2.75, 3.05) is 32.7 Å². The zero-order chi connectivity index (χ0) is 24.8. The summed E-state index contributed by atoms with van der Waals surface area (Å²) >= 11 is 0. The van der Waals surface area contributed by atoms with E-state index in [1.54, 1.807) is 6.07 Å². The fourth-order valence-corrected chi connectivity index (χ4v) is 4.40. The second-order valence-corrected chi connectivity index (χ2v) is 9.26. The summed E-state index contributed by atoms with van der Waals surface area (Å²) in [6, 6.07) is 3.23. The van der Waals surface area contributed by atoms with Crippen molar-refractivity contribution in [1.29, 1.82) is 0 Å². The summed E-state index contributed by atoms with van der Waals surface area (Å²) in [7, 11) is 0. The fourth-order valence-electron chi connectivity index (χ4n) is 4.40. The van der Waals surface area contributed by atoms with Crippen LogP contribution in [0.2, 0.25) is 0 Å². The molecular formula is C24H35ClFN5O4. The Hall–Kier alpha value is -2.72. The quantitative estimate of drug-likeness (QED) is 0.542. The molecule has 0 spiro atoms.